The molecule has 0 saturated heterocycles. The maximum atomic E-state index is 4.50. The van der Waals surface area contributed by atoms with Gasteiger partial charge < -0.3 is 5.32 Å². The van der Waals surface area contributed by atoms with Crippen LogP contribution < -0.4 is 5.32 Å². The smallest absolute Gasteiger partial charge is 0.0451 e. The standard InChI is InChI=1S/C17H22N2/c1-4-18-17(15-9-7-13(2)8-10-15)12-16-14(3)6-5-11-19-16/h5-11,17-18H,4,12H2,1-3H3. The molecule has 2 aromatic rings. The topological polar surface area (TPSA) is 24.9 Å². The molecule has 2 rings (SSSR count). The first-order valence-corrected chi connectivity index (χ1v) is 6.91. The minimum Gasteiger partial charge on any atom is -0.310 e. The van der Waals surface area contributed by atoms with Gasteiger partial charge in [0.2, 0.25) is 0 Å². The highest BCUT2D eigenvalue weighted by Crippen LogP contribution is 2.19. The van der Waals surface area contributed by atoms with Crippen LogP contribution >= 0.6 is 0 Å². The first-order chi connectivity index (χ1) is 9.20. The van der Waals surface area contributed by atoms with Gasteiger partial charge in [0.15, 0.2) is 0 Å². The molecule has 2 nitrogen and oxygen atoms in total. The molecule has 1 unspecified atom stereocenters. The number of hydrogen-bond donors (Lipinski definition) is 1. The van der Waals surface area contributed by atoms with Gasteiger partial charge in [0.1, 0.15) is 0 Å². The van der Waals surface area contributed by atoms with Crippen LogP contribution in [0, 0.1) is 13.8 Å². The zero-order valence-electron chi connectivity index (χ0n) is 12.0. The van der Waals surface area contributed by atoms with E-state index in [1.165, 1.54) is 22.4 Å². The van der Waals surface area contributed by atoms with Crippen LogP contribution in [-0.2, 0) is 6.42 Å². The molecule has 0 amide bonds. The van der Waals surface area contributed by atoms with Crippen LogP contribution in [-0.4, -0.2) is 11.5 Å². The average molecular weight is 254 g/mol. The normalized spacial score (nSPS) is 12.4. The van der Waals surface area contributed by atoms with E-state index < -0.39 is 0 Å². The van der Waals surface area contributed by atoms with E-state index in [9.17, 15) is 0 Å². The highest BCUT2D eigenvalue weighted by Gasteiger charge is 2.12. The summed E-state index contributed by atoms with van der Waals surface area (Å²) < 4.78 is 0. The summed E-state index contributed by atoms with van der Waals surface area (Å²) >= 11 is 0. The summed E-state index contributed by atoms with van der Waals surface area (Å²) in [5.41, 5.74) is 5.07. The summed E-state index contributed by atoms with van der Waals surface area (Å²) in [5, 5.41) is 3.55. The lowest BCUT2D eigenvalue weighted by Gasteiger charge is -2.19. The average Bonchev–Trinajstić information content (AvgIpc) is 2.42. The third kappa shape index (κ3) is 3.65. The van der Waals surface area contributed by atoms with E-state index in [-0.39, 0.29) is 0 Å². The molecule has 1 aromatic carbocycles. The van der Waals surface area contributed by atoms with Crippen LogP contribution in [0.15, 0.2) is 42.6 Å². The fourth-order valence-corrected chi connectivity index (χ4v) is 2.28. The van der Waals surface area contributed by atoms with Crippen molar-refractivity contribution in [3.63, 3.8) is 0 Å². The highest BCUT2D eigenvalue weighted by atomic mass is 14.9. The summed E-state index contributed by atoms with van der Waals surface area (Å²) in [4.78, 5) is 4.50. The van der Waals surface area contributed by atoms with Crippen molar-refractivity contribution in [3.8, 4) is 0 Å². The highest BCUT2D eigenvalue weighted by molar-refractivity contribution is 5.27. The van der Waals surface area contributed by atoms with E-state index in [4.69, 9.17) is 0 Å². The quantitative estimate of drug-likeness (QED) is 0.882. The lowest BCUT2D eigenvalue weighted by atomic mass is 9.99. The molecule has 1 atom stereocenters. The number of pyridine rings is 1. The van der Waals surface area contributed by atoms with Gasteiger partial charge in [-0.15, -0.1) is 0 Å². The molecule has 0 spiro atoms. The van der Waals surface area contributed by atoms with E-state index in [0.717, 1.165) is 13.0 Å². The van der Waals surface area contributed by atoms with Crippen molar-refractivity contribution in [2.75, 3.05) is 6.54 Å². The monoisotopic (exact) mass is 254 g/mol. The number of rotatable bonds is 5. The van der Waals surface area contributed by atoms with E-state index in [2.05, 4.69) is 61.4 Å². The molecule has 0 radical (unpaired) electrons. The van der Waals surface area contributed by atoms with E-state index >= 15 is 0 Å². The lowest BCUT2D eigenvalue weighted by Crippen LogP contribution is -2.23. The minimum absolute atomic E-state index is 0.333. The number of nitrogens with zero attached hydrogens (tertiary/aromatic N) is 1. The molecule has 0 aliphatic rings. The SMILES string of the molecule is CCNC(Cc1ncccc1C)c1ccc(C)cc1. The Morgan fingerprint density at radius 1 is 1.11 bits per heavy atom. The molecule has 0 saturated carbocycles. The van der Waals surface area contributed by atoms with Gasteiger partial charge in [0.05, 0.1) is 0 Å². The summed E-state index contributed by atoms with van der Waals surface area (Å²) in [7, 11) is 0. The van der Waals surface area contributed by atoms with Gasteiger partial charge in [-0.3, -0.25) is 4.98 Å². The fraction of sp³-hybridized carbons (Fsp3) is 0.353. The van der Waals surface area contributed by atoms with Gasteiger partial charge in [-0.1, -0.05) is 42.8 Å². The minimum atomic E-state index is 0.333. The predicted molar refractivity (Wildman–Crippen MR) is 80.3 cm³/mol. The van der Waals surface area contributed by atoms with Crippen LogP contribution in [0.2, 0.25) is 0 Å². The molecule has 0 aliphatic heterocycles. The van der Waals surface area contributed by atoms with Crippen molar-refractivity contribution in [1.82, 2.24) is 10.3 Å². The Balaban J connectivity index is 2.21. The zero-order valence-corrected chi connectivity index (χ0v) is 12.0. The van der Waals surface area contributed by atoms with Crippen molar-refractivity contribution in [2.45, 2.75) is 33.2 Å². The number of aryl methyl sites for hydroxylation is 2. The number of nitrogens with one attached hydrogen (secondary N) is 1. The second kappa shape index (κ2) is 6.48. The molecular formula is C17H22N2. The second-order valence-corrected chi connectivity index (χ2v) is 4.99. The van der Waals surface area contributed by atoms with Crippen LogP contribution in [0.4, 0.5) is 0 Å². The maximum Gasteiger partial charge on any atom is 0.0451 e. The van der Waals surface area contributed by atoms with Crippen molar-refractivity contribution < 1.29 is 0 Å². The molecule has 1 heterocycles. The number of hydrogen-bond acceptors (Lipinski definition) is 2. The Labute approximate surface area is 115 Å². The summed E-state index contributed by atoms with van der Waals surface area (Å²) in [6, 6.07) is 13.2. The number of aromatic nitrogens is 1. The van der Waals surface area contributed by atoms with E-state index in [1.807, 2.05) is 12.3 Å². The van der Waals surface area contributed by atoms with E-state index in [0.29, 0.717) is 6.04 Å². The molecule has 0 bridgehead atoms. The molecule has 19 heavy (non-hydrogen) atoms. The van der Waals surface area contributed by atoms with Gasteiger partial charge >= 0.3 is 0 Å². The van der Waals surface area contributed by atoms with Crippen molar-refractivity contribution in [1.29, 1.82) is 0 Å². The zero-order chi connectivity index (χ0) is 13.7. The Kier molecular flexibility index (Phi) is 4.69. The predicted octanol–water partition coefficient (Wildman–Crippen LogP) is 3.59. The molecule has 2 heteroatoms. The van der Waals surface area contributed by atoms with Gasteiger partial charge in [-0.2, -0.15) is 0 Å². The van der Waals surface area contributed by atoms with Gasteiger partial charge in [0, 0.05) is 24.4 Å². The molecular weight excluding hydrogens is 232 g/mol. The molecule has 1 aromatic heterocycles. The first-order valence-electron chi connectivity index (χ1n) is 6.91. The van der Waals surface area contributed by atoms with Crippen LogP contribution in [0.5, 0.6) is 0 Å². The van der Waals surface area contributed by atoms with E-state index in [1.54, 1.807) is 0 Å². The Morgan fingerprint density at radius 2 is 1.84 bits per heavy atom. The Morgan fingerprint density at radius 3 is 2.47 bits per heavy atom. The third-order valence-corrected chi connectivity index (χ3v) is 3.45. The molecule has 100 valence electrons. The van der Waals surface area contributed by atoms with Crippen molar-refractivity contribution in [2.24, 2.45) is 0 Å². The second-order valence-electron chi connectivity index (χ2n) is 4.99. The number of likely N-dealkylation sites (N-methyl/N-ethyl adjacent to an activating group) is 1. The Bertz CT molecular complexity index is 517. The first kappa shape index (κ1) is 13.8. The number of benzene rings is 1. The molecule has 0 aliphatic carbocycles. The van der Waals surface area contributed by atoms with Gasteiger partial charge in [-0.25, -0.2) is 0 Å². The lowest BCUT2D eigenvalue weighted by molar-refractivity contribution is 0.542. The largest absolute Gasteiger partial charge is 0.310 e. The summed E-state index contributed by atoms with van der Waals surface area (Å²) in [6.45, 7) is 7.35. The van der Waals surface area contributed by atoms with Crippen LogP contribution in [0.3, 0.4) is 0 Å². The molecule has 0 fully saturated rings. The van der Waals surface area contributed by atoms with Gasteiger partial charge in [-0.05, 0) is 37.6 Å². The molecule has 1 N–H and O–H groups in total. The summed E-state index contributed by atoms with van der Waals surface area (Å²) in [6.07, 6.45) is 2.81. The van der Waals surface area contributed by atoms with Crippen molar-refractivity contribution in [3.05, 3.63) is 65.0 Å². The maximum absolute atomic E-state index is 4.50. The third-order valence-electron chi connectivity index (χ3n) is 3.45. The van der Waals surface area contributed by atoms with Crippen molar-refractivity contribution >= 4 is 0 Å². The van der Waals surface area contributed by atoms with Crippen LogP contribution in [0.1, 0.15) is 35.3 Å². The Hall–Kier alpha value is -1.67. The van der Waals surface area contributed by atoms with Crippen LogP contribution in [0.25, 0.3) is 0 Å². The summed E-state index contributed by atoms with van der Waals surface area (Å²) in [5.74, 6) is 0. The van der Waals surface area contributed by atoms with Gasteiger partial charge in [0.25, 0.3) is 0 Å². The fourth-order valence-electron chi connectivity index (χ4n) is 2.28.